The van der Waals surface area contributed by atoms with Crippen molar-refractivity contribution in [2.75, 3.05) is 6.61 Å². The van der Waals surface area contributed by atoms with Gasteiger partial charge < -0.3 is 9.72 Å². The molecule has 2 aromatic heterocycles. The molecule has 2 rings (SSSR count). The molecule has 2 heterocycles. The average molecular weight is 250 g/mol. The van der Waals surface area contributed by atoms with Gasteiger partial charge in [0, 0.05) is 17.6 Å². The lowest BCUT2D eigenvalue weighted by Gasteiger charge is -2.02. The van der Waals surface area contributed by atoms with Gasteiger partial charge in [0.2, 0.25) is 0 Å². The predicted octanol–water partition coefficient (Wildman–Crippen LogP) is 2.34. The van der Waals surface area contributed by atoms with E-state index in [1.54, 1.807) is 11.3 Å². The summed E-state index contributed by atoms with van der Waals surface area (Å²) in [6.45, 7) is 4.88. The molecule has 17 heavy (non-hydrogen) atoms. The molecular weight excluding hydrogens is 236 g/mol. The van der Waals surface area contributed by atoms with Crippen molar-refractivity contribution in [2.45, 2.75) is 20.5 Å². The number of rotatable bonds is 4. The summed E-state index contributed by atoms with van der Waals surface area (Å²) in [5, 5.41) is 0. The molecule has 90 valence electrons. The highest BCUT2D eigenvalue weighted by Crippen LogP contribution is 2.24. The second-order valence-electron chi connectivity index (χ2n) is 3.62. The molecule has 0 aliphatic rings. The number of aromatic amines is 1. The SMILES string of the molecule is CCOCc1nc(-c2ccc(C)s2)cc(=O)[nH]1. The van der Waals surface area contributed by atoms with Gasteiger partial charge in [-0.1, -0.05) is 0 Å². The molecule has 0 saturated carbocycles. The number of aromatic nitrogens is 2. The zero-order chi connectivity index (χ0) is 12.3. The number of aryl methyl sites for hydroxylation is 1. The first-order chi connectivity index (χ1) is 8.19. The summed E-state index contributed by atoms with van der Waals surface area (Å²) in [5.41, 5.74) is 0.567. The Balaban J connectivity index is 2.34. The van der Waals surface area contributed by atoms with Gasteiger partial charge in [-0.3, -0.25) is 4.79 Å². The van der Waals surface area contributed by atoms with Gasteiger partial charge in [0.15, 0.2) is 0 Å². The van der Waals surface area contributed by atoms with E-state index >= 15 is 0 Å². The van der Waals surface area contributed by atoms with Crippen molar-refractivity contribution in [1.29, 1.82) is 0 Å². The molecule has 5 heteroatoms. The van der Waals surface area contributed by atoms with Crippen molar-refractivity contribution in [3.63, 3.8) is 0 Å². The summed E-state index contributed by atoms with van der Waals surface area (Å²) in [5.74, 6) is 0.570. The van der Waals surface area contributed by atoms with Crippen LogP contribution in [0.3, 0.4) is 0 Å². The van der Waals surface area contributed by atoms with Crippen LogP contribution in [0, 0.1) is 6.92 Å². The van der Waals surface area contributed by atoms with Gasteiger partial charge >= 0.3 is 0 Å². The summed E-state index contributed by atoms with van der Waals surface area (Å²) in [6.07, 6.45) is 0. The molecule has 0 unspecified atom stereocenters. The van der Waals surface area contributed by atoms with Crippen molar-refractivity contribution >= 4 is 11.3 Å². The number of nitrogens with one attached hydrogen (secondary N) is 1. The van der Waals surface area contributed by atoms with E-state index in [9.17, 15) is 4.79 Å². The van der Waals surface area contributed by atoms with Gasteiger partial charge in [0.25, 0.3) is 5.56 Å². The van der Waals surface area contributed by atoms with Crippen LogP contribution in [0.4, 0.5) is 0 Å². The Morgan fingerprint density at radius 3 is 2.94 bits per heavy atom. The minimum Gasteiger partial charge on any atom is -0.374 e. The Kier molecular flexibility index (Phi) is 3.71. The Morgan fingerprint density at radius 1 is 1.47 bits per heavy atom. The number of hydrogen-bond acceptors (Lipinski definition) is 4. The Morgan fingerprint density at radius 2 is 2.29 bits per heavy atom. The molecule has 0 saturated heterocycles. The molecule has 0 aromatic carbocycles. The largest absolute Gasteiger partial charge is 0.374 e. The maximum Gasteiger partial charge on any atom is 0.251 e. The van der Waals surface area contributed by atoms with E-state index in [1.807, 2.05) is 26.0 Å². The number of nitrogens with zero attached hydrogens (tertiary/aromatic N) is 1. The van der Waals surface area contributed by atoms with Gasteiger partial charge in [0.05, 0.1) is 10.6 Å². The van der Waals surface area contributed by atoms with Crippen LogP contribution in [0.15, 0.2) is 23.0 Å². The summed E-state index contributed by atoms with van der Waals surface area (Å²) < 4.78 is 5.24. The minimum atomic E-state index is -0.143. The molecule has 0 spiro atoms. The predicted molar refractivity (Wildman–Crippen MR) is 68.2 cm³/mol. The molecule has 2 aromatic rings. The summed E-state index contributed by atoms with van der Waals surface area (Å²) in [4.78, 5) is 20.8. The lowest BCUT2D eigenvalue weighted by molar-refractivity contribution is 0.128. The van der Waals surface area contributed by atoms with Gasteiger partial charge in [-0.2, -0.15) is 0 Å². The van der Waals surface area contributed by atoms with E-state index in [0.717, 1.165) is 4.88 Å². The van der Waals surface area contributed by atoms with Crippen molar-refractivity contribution in [2.24, 2.45) is 0 Å². The molecular formula is C12H14N2O2S. The Bertz CT molecular complexity index is 560. The molecule has 0 aliphatic heterocycles. The summed E-state index contributed by atoms with van der Waals surface area (Å²) in [6, 6.07) is 5.51. The number of hydrogen-bond donors (Lipinski definition) is 1. The second kappa shape index (κ2) is 5.25. The van der Waals surface area contributed by atoms with E-state index < -0.39 is 0 Å². The van der Waals surface area contributed by atoms with E-state index in [1.165, 1.54) is 10.9 Å². The summed E-state index contributed by atoms with van der Waals surface area (Å²) in [7, 11) is 0. The van der Waals surface area contributed by atoms with Crippen LogP contribution in [0.25, 0.3) is 10.6 Å². The van der Waals surface area contributed by atoms with Crippen LogP contribution in [0.1, 0.15) is 17.6 Å². The monoisotopic (exact) mass is 250 g/mol. The topological polar surface area (TPSA) is 55.0 Å². The fraction of sp³-hybridized carbons (Fsp3) is 0.333. The van der Waals surface area contributed by atoms with E-state index in [2.05, 4.69) is 9.97 Å². The highest BCUT2D eigenvalue weighted by Gasteiger charge is 2.06. The Hall–Kier alpha value is -1.46. The maximum atomic E-state index is 11.5. The second-order valence-corrected chi connectivity index (χ2v) is 4.91. The highest BCUT2D eigenvalue weighted by molar-refractivity contribution is 7.15. The third-order valence-electron chi connectivity index (χ3n) is 2.23. The van der Waals surface area contributed by atoms with E-state index in [-0.39, 0.29) is 5.56 Å². The molecule has 1 N–H and O–H groups in total. The highest BCUT2D eigenvalue weighted by atomic mass is 32.1. The first-order valence-corrected chi connectivity index (χ1v) is 6.25. The van der Waals surface area contributed by atoms with E-state index in [4.69, 9.17) is 4.74 Å². The smallest absolute Gasteiger partial charge is 0.251 e. The number of H-pyrrole nitrogens is 1. The first kappa shape index (κ1) is 12.0. The molecule has 0 atom stereocenters. The number of thiophene rings is 1. The van der Waals surface area contributed by atoms with Crippen LogP contribution >= 0.6 is 11.3 Å². The van der Waals surface area contributed by atoms with Crippen molar-refractivity contribution in [3.05, 3.63) is 39.3 Å². The standard InChI is InChI=1S/C12H14N2O2S/c1-3-16-7-11-13-9(6-12(15)14-11)10-5-4-8(2)17-10/h4-6H,3,7H2,1-2H3,(H,13,14,15). The lowest BCUT2D eigenvalue weighted by Crippen LogP contribution is -2.11. The van der Waals surface area contributed by atoms with Crippen molar-refractivity contribution < 1.29 is 4.74 Å². The molecule has 4 nitrogen and oxygen atoms in total. The molecule has 0 radical (unpaired) electrons. The van der Waals surface area contributed by atoms with Crippen LogP contribution in [0.2, 0.25) is 0 Å². The zero-order valence-electron chi connectivity index (χ0n) is 9.82. The quantitative estimate of drug-likeness (QED) is 0.906. The fourth-order valence-electron chi connectivity index (χ4n) is 1.47. The molecule has 0 bridgehead atoms. The molecule has 0 aliphatic carbocycles. The fourth-order valence-corrected chi connectivity index (χ4v) is 2.30. The maximum absolute atomic E-state index is 11.5. The average Bonchev–Trinajstić information content (AvgIpc) is 2.72. The molecule has 0 fully saturated rings. The van der Waals surface area contributed by atoms with Crippen LogP contribution in [0.5, 0.6) is 0 Å². The van der Waals surface area contributed by atoms with Crippen LogP contribution < -0.4 is 5.56 Å². The zero-order valence-corrected chi connectivity index (χ0v) is 10.6. The third-order valence-corrected chi connectivity index (χ3v) is 3.25. The minimum absolute atomic E-state index is 0.143. The third kappa shape index (κ3) is 3.01. The van der Waals surface area contributed by atoms with Gasteiger partial charge in [-0.25, -0.2) is 4.98 Å². The van der Waals surface area contributed by atoms with Crippen molar-refractivity contribution in [3.8, 4) is 10.6 Å². The normalized spacial score (nSPS) is 10.7. The van der Waals surface area contributed by atoms with Gasteiger partial charge in [-0.15, -0.1) is 11.3 Å². The number of ether oxygens (including phenoxy) is 1. The van der Waals surface area contributed by atoms with Gasteiger partial charge in [0.1, 0.15) is 12.4 Å². The van der Waals surface area contributed by atoms with Crippen LogP contribution in [-0.4, -0.2) is 16.6 Å². The first-order valence-electron chi connectivity index (χ1n) is 5.44. The van der Waals surface area contributed by atoms with E-state index in [0.29, 0.717) is 24.7 Å². The van der Waals surface area contributed by atoms with Gasteiger partial charge in [-0.05, 0) is 26.0 Å². The summed E-state index contributed by atoms with van der Waals surface area (Å²) >= 11 is 1.63. The van der Waals surface area contributed by atoms with Crippen LogP contribution in [-0.2, 0) is 11.3 Å². The van der Waals surface area contributed by atoms with Crippen molar-refractivity contribution in [1.82, 2.24) is 9.97 Å². The Labute approximate surface area is 103 Å². The molecule has 0 amide bonds. The lowest BCUT2D eigenvalue weighted by atomic mass is 10.3.